The molecule has 4 N–H and O–H groups in total. The lowest BCUT2D eigenvalue weighted by Gasteiger charge is -2.33. The molecular formula is C23H23F3N6O2S. The zero-order valence-corrected chi connectivity index (χ0v) is 19.3. The van der Waals surface area contributed by atoms with Crippen molar-refractivity contribution in [2.24, 2.45) is 0 Å². The summed E-state index contributed by atoms with van der Waals surface area (Å²) in [4.78, 5) is 8.17. The van der Waals surface area contributed by atoms with Crippen molar-refractivity contribution >= 4 is 28.7 Å². The van der Waals surface area contributed by atoms with E-state index in [1.807, 2.05) is 30.3 Å². The predicted molar refractivity (Wildman–Crippen MR) is 128 cm³/mol. The van der Waals surface area contributed by atoms with E-state index in [2.05, 4.69) is 15.3 Å². The van der Waals surface area contributed by atoms with Gasteiger partial charge in [0.25, 0.3) is 0 Å². The summed E-state index contributed by atoms with van der Waals surface area (Å²) in [5.74, 6) is 1.55. The third-order valence-electron chi connectivity index (χ3n) is 5.41. The summed E-state index contributed by atoms with van der Waals surface area (Å²) in [6.45, 7) is -0.00931. The van der Waals surface area contributed by atoms with Crippen molar-refractivity contribution in [1.29, 1.82) is 5.41 Å². The van der Waals surface area contributed by atoms with E-state index in [0.717, 1.165) is 4.31 Å². The summed E-state index contributed by atoms with van der Waals surface area (Å²) < 4.78 is 57.2. The van der Waals surface area contributed by atoms with Gasteiger partial charge in [-0.2, -0.15) is 0 Å². The Labute approximate surface area is 203 Å². The van der Waals surface area contributed by atoms with Gasteiger partial charge in [-0.3, -0.25) is 5.41 Å². The highest BCUT2D eigenvalue weighted by atomic mass is 32.2. The number of hydrogen-bond donors (Lipinski definition) is 3. The van der Waals surface area contributed by atoms with E-state index in [9.17, 15) is 17.7 Å². The lowest BCUT2D eigenvalue weighted by atomic mass is 10.0. The number of anilines is 2. The number of ether oxygens (including phenoxy) is 1. The highest BCUT2D eigenvalue weighted by Crippen LogP contribution is 2.31. The molecule has 0 spiro atoms. The number of nitrogens with zero attached hydrogens (tertiary/aromatic N) is 3. The predicted octanol–water partition coefficient (Wildman–Crippen LogP) is 4.33. The number of nitrogens with one attached hydrogen (secondary N) is 2. The molecule has 1 saturated heterocycles. The molecular weight excluding hydrogens is 481 g/mol. The molecule has 2 unspecified atom stereocenters. The average Bonchev–Trinajstić information content (AvgIpc) is 2.84. The van der Waals surface area contributed by atoms with Crippen molar-refractivity contribution in [3.8, 4) is 11.5 Å². The number of piperidine rings is 1. The number of alkyl halides is 3. The smallest absolute Gasteiger partial charge is 0.591 e. The maximum atomic E-state index is 12.9. The van der Waals surface area contributed by atoms with Crippen LogP contribution in [-0.2, 0) is 11.4 Å². The molecule has 0 bridgehead atoms. The first kappa shape index (κ1) is 24.8. The van der Waals surface area contributed by atoms with Gasteiger partial charge in [0, 0.05) is 18.2 Å². The molecule has 0 aliphatic carbocycles. The van der Waals surface area contributed by atoms with Crippen LogP contribution in [0.2, 0.25) is 0 Å². The first-order valence-electron chi connectivity index (χ1n) is 10.8. The van der Waals surface area contributed by atoms with Crippen LogP contribution in [0.25, 0.3) is 0 Å². The molecule has 1 aromatic heterocycles. The Hall–Kier alpha value is -3.35. The molecule has 12 heteroatoms. The molecule has 1 fully saturated rings. The van der Waals surface area contributed by atoms with Crippen molar-refractivity contribution in [2.75, 3.05) is 24.1 Å². The number of nitrogens with two attached hydrogens (primary N) is 1. The minimum atomic E-state index is -4.81. The largest absolute Gasteiger partial charge is 0.593 e. The SMILES string of the molecule is N=C(c1ccc(Oc2ccccc2)cc1)c1c(N)ncnc1NC1CCCN([S+]([O-])C(F)(F)F)C1. The number of para-hydroxylation sites is 1. The summed E-state index contributed by atoms with van der Waals surface area (Å²) in [5, 5.41) is 11.8. The fourth-order valence-corrected chi connectivity index (χ4v) is 4.67. The Morgan fingerprint density at radius 3 is 2.49 bits per heavy atom. The number of aromatic nitrogens is 2. The van der Waals surface area contributed by atoms with Crippen LogP contribution < -0.4 is 15.8 Å². The van der Waals surface area contributed by atoms with Crippen LogP contribution in [0.15, 0.2) is 60.9 Å². The van der Waals surface area contributed by atoms with E-state index in [4.69, 9.17) is 15.9 Å². The molecule has 0 amide bonds. The zero-order chi connectivity index (χ0) is 25.0. The van der Waals surface area contributed by atoms with Crippen LogP contribution in [0.3, 0.4) is 0 Å². The van der Waals surface area contributed by atoms with Crippen LogP contribution in [-0.4, -0.2) is 49.2 Å². The molecule has 184 valence electrons. The molecule has 2 aromatic carbocycles. The van der Waals surface area contributed by atoms with Crippen molar-refractivity contribution in [3.63, 3.8) is 0 Å². The summed E-state index contributed by atoms with van der Waals surface area (Å²) in [6.07, 6.45) is 2.20. The van der Waals surface area contributed by atoms with Crippen molar-refractivity contribution in [1.82, 2.24) is 14.3 Å². The Bertz CT molecular complexity index is 1160. The third kappa shape index (κ3) is 6.02. The highest BCUT2D eigenvalue weighted by molar-refractivity contribution is 7.89. The lowest BCUT2D eigenvalue weighted by molar-refractivity contribution is -0.0493. The second-order valence-corrected chi connectivity index (χ2v) is 9.34. The standard InChI is InChI=1S/C23H23F3N6O2S/c24-23(25,26)35(33)32-12-4-5-16(13-32)31-22-19(21(28)29-14-30-22)20(27)15-8-10-18(11-9-15)34-17-6-2-1-3-7-17/h1-3,6-11,14,16,27H,4-5,12-13H2,(H3,28,29,30,31). The maximum Gasteiger partial charge on any atom is 0.593 e. The zero-order valence-electron chi connectivity index (χ0n) is 18.5. The van der Waals surface area contributed by atoms with E-state index in [0.29, 0.717) is 29.9 Å². The van der Waals surface area contributed by atoms with Gasteiger partial charge in [-0.25, -0.2) is 9.97 Å². The average molecular weight is 505 g/mol. The highest BCUT2D eigenvalue weighted by Gasteiger charge is 2.50. The molecule has 1 aliphatic heterocycles. The molecule has 3 aromatic rings. The molecule has 4 rings (SSSR count). The first-order valence-corrected chi connectivity index (χ1v) is 11.9. The van der Waals surface area contributed by atoms with Crippen LogP contribution in [0.4, 0.5) is 24.8 Å². The Morgan fingerprint density at radius 1 is 1.11 bits per heavy atom. The Kier molecular flexibility index (Phi) is 7.43. The van der Waals surface area contributed by atoms with Gasteiger partial charge in [-0.1, -0.05) is 18.2 Å². The van der Waals surface area contributed by atoms with Gasteiger partial charge < -0.3 is 20.3 Å². The van der Waals surface area contributed by atoms with E-state index in [1.165, 1.54) is 6.33 Å². The van der Waals surface area contributed by atoms with Crippen molar-refractivity contribution in [2.45, 2.75) is 24.4 Å². The second-order valence-electron chi connectivity index (χ2n) is 7.86. The monoisotopic (exact) mass is 504 g/mol. The van der Waals surface area contributed by atoms with Gasteiger partial charge >= 0.3 is 5.51 Å². The Morgan fingerprint density at radius 2 is 1.80 bits per heavy atom. The maximum absolute atomic E-state index is 12.9. The summed E-state index contributed by atoms with van der Waals surface area (Å²) in [6, 6.07) is 15.6. The number of nitrogen functional groups attached to an aromatic ring is 1. The van der Waals surface area contributed by atoms with E-state index in [-0.39, 0.29) is 36.0 Å². The normalized spacial score (nSPS) is 17.5. The molecule has 2 heterocycles. The quantitative estimate of drug-likeness (QED) is 0.323. The van der Waals surface area contributed by atoms with E-state index in [1.54, 1.807) is 24.3 Å². The molecule has 0 radical (unpaired) electrons. The van der Waals surface area contributed by atoms with E-state index < -0.39 is 22.9 Å². The lowest BCUT2D eigenvalue weighted by Crippen LogP contribution is -2.49. The van der Waals surface area contributed by atoms with Gasteiger partial charge in [-0.05, 0) is 49.2 Å². The van der Waals surface area contributed by atoms with Crippen molar-refractivity contribution < 1.29 is 22.5 Å². The van der Waals surface area contributed by atoms with Crippen LogP contribution in [0.1, 0.15) is 24.0 Å². The summed E-state index contributed by atoms with van der Waals surface area (Å²) >= 11 is -3.09. The second kappa shape index (κ2) is 10.5. The Balaban J connectivity index is 1.50. The van der Waals surface area contributed by atoms with E-state index >= 15 is 0 Å². The van der Waals surface area contributed by atoms with Crippen LogP contribution in [0.5, 0.6) is 11.5 Å². The minimum absolute atomic E-state index is 0.0448. The van der Waals surface area contributed by atoms with Gasteiger partial charge in [0.1, 0.15) is 29.5 Å². The van der Waals surface area contributed by atoms with Crippen LogP contribution in [0, 0.1) is 5.41 Å². The van der Waals surface area contributed by atoms with Gasteiger partial charge in [-0.15, -0.1) is 17.5 Å². The number of benzene rings is 2. The topological polar surface area (TPSA) is 123 Å². The molecule has 0 saturated carbocycles. The number of rotatable bonds is 7. The number of hydrogen-bond acceptors (Lipinski definition) is 8. The first-order chi connectivity index (χ1) is 16.7. The minimum Gasteiger partial charge on any atom is -0.591 e. The molecule has 35 heavy (non-hydrogen) atoms. The fourth-order valence-electron chi connectivity index (χ4n) is 3.76. The fraction of sp³-hybridized carbons (Fsp3) is 0.261. The van der Waals surface area contributed by atoms with Gasteiger partial charge in [0.2, 0.25) is 0 Å². The van der Waals surface area contributed by atoms with Gasteiger partial charge in [0.05, 0.1) is 17.8 Å². The molecule has 1 aliphatic rings. The van der Waals surface area contributed by atoms with Crippen LogP contribution >= 0.6 is 0 Å². The number of halogens is 3. The third-order valence-corrected chi connectivity index (χ3v) is 6.60. The molecule has 8 nitrogen and oxygen atoms in total. The van der Waals surface area contributed by atoms with Gasteiger partial charge in [0.15, 0.2) is 11.4 Å². The van der Waals surface area contributed by atoms with Crippen molar-refractivity contribution in [3.05, 3.63) is 72.1 Å². The molecule has 2 atom stereocenters. The summed E-state index contributed by atoms with van der Waals surface area (Å²) in [7, 11) is 0. The summed E-state index contributed by atoms with van der Waals surface area (Å²) in [5.41, 5.74) is 2.06.